The van der Waals surface area contributed by atoms with Gasteiger partial charge in [0.1, 0.15) is 5.75 Å². The number of rotatable bonds is 0. The quantitative estimate of drug-likeness (QED) is 0.797. The summed E-state index contributed by atoms with van der Waals surface area (Å²) in [4.78, 5) is 4.72. The van der Waals surface area contributed by atoms with Gasteiger partial charge in [-0.15, -0.1) is 0 Å². The monoisotopic (exact) mass is 296 g/mol. The van der Waals surface area contributed by atoms with Crippen LogP contribution in [0, 0.1) is 0 Å². The lowest BCUT2D eigenvalue weighted by Gasteiger charge is -2.32. The van der Waals surface area contributed by atoms with E-state index in [1.54, 1.807) is 6.07 Å². The van der Waals surface area contributed by atoms with Crippen LogP contribution >= 0.6 is 15.9 Å². The molecule has 2 heterocycles. The van der Waals surface area contributed by atoms with E-state index in [2.05, 4.69) is 46.7 Å². The predicted octanol–water partition coefficient (Wildman–Crippen LogP) is 2.52. The number of fused-ring (bicyclic) bond motifs is 3. The van der Waals surface area contributed by atoms with E-state index in [1.165, 1.54) is 11.3 Å². The van der Waals surface area contributed by atoms with Crippen molar-refractivity contribution in [2.75, 3.05) is 25.5 Å². The van der Waals surface area contributed by atoms with Gasteiger partial charge < -0.3 is 10.0 Å². The maximum Gasteiger partial charge on any atom is 0.117 e. The highest BCUT2D eigenvalue weighted by Gasteiger charge is 2.52. The third-order valence-electron chi connectivity index (χ3n) is 4.35. The van der Waals surface area contributed by atoms with Crippen LogP contribution in [0.15, 0.2) is 16.6 Å². The Morgan fingerprint density at radius 3 is 2.82 bits per heavy atom. The van der Waals surface area contributed by atoms with E-state index in [1.807, 2.05) is 6.07 Å². The fraction of sp³-hybridized carbons (Fsp3) is 0.538. The summed E-state index contributed by atoms with van der Waals surface area (Å²) in [7, 11) is 4.31. The second-order valence-electron chi connectivity index (χ2n) is 5.46. The van der Waals surface area contributed by atoms with Gasteiger partial charge in [-0.25, -0.2) is 0 Å². The smallest absolute Gasteiger partial charge is 0.117 e. The average molecular weight is 297 g/mol. The molecule has 17 heavy (non-hydrogen) atoms. The van der Waals surface area contributed by atoms with E-state index in [0.717, 1.165) is 17.4 Å². The van der Waals surface area contributed by atoms with Crippen molar-refractivity contribution in [3.8, 4) is 5.75 Å². The number of hydrogen-bond acceptors (Lipinski definition) is 3. The van der Waals surface area contributed by atoms with Crippen molar-refractivity contribution in [2.45, 2.75) is 24.9 Å². The first-order valence-corrected chi connectivity index (χ1v) is 6.70. The molecule has 1 aromatic carbocycles. The average Bonchev–Trinajstić information content (AvgIpc) is 2.64. The van der Waals surface area contributed by atoms with Gasteiger partial charge in [-0.1, -0.05) is 6.92 Å². The molecule has 2 aliphatic heterocycles. The van der Waals surface area contributed by atoms with Crippen LogP contribution in [0.3, 0.4) is 0 Å². The Bertz CT molecular complexity index is 491. The molecular formula is C13H17BrN2O. The molecule has 2 atom stereocenters. The standard InChI is InChI=1S/C13H17BrN2O/c1-13-4-5-15(2)12(13)16(3)11-9(13)6-8(17)7-10(11)14/h6-7,12,17H,4-5H2,1-3H3. The molecule has 0 spiro atoms. The fourth-order valence-corrected chi connectivity index (χ4v) is 4.37. The minimum Gasteiger partial charge on any atom is -0.508 e. The summed E-state index contributed by atoms with van der Waals surface area (Å²) < 4.78 is 0.985. The number of anilines is 1. The van der Waals surface area contributed by atoms with Crippen molar-refractivity contribution >= 4 is 21.6 Å². The van der Waals surface area contributed by atoms with E-state index >= 15 is 0 Å². The molecule has 0 aliphatic carbocycles. The van der Waals surface area contributed by atoms with Gasteiger partial charge >= 0.3 is 0 Å². The molecular weight excluding hydrogens is 280 g/mol. The molecule has 4 heteroatoms. The van der Waals surface area contributed by atoms with Gasteiger partial charge in [0.25, 0.3) is 0 Å². The largest absolute Gasteiger partial charge is 0.508 e. The van der Waals surface area contributed by atoms with Gasteiger partial charge in [-0.05, 0) is 47.1 Å². The van der Waals surface area contributed by atoms with Crippen molar-refractivity contribution in [2.24, 2.45) is 0 Å². The molecule has 3 nitrogen and oxygen atoms in total. The van der Waals surface area contributed by atoms with E-state index in [4.69, 9.17) is 0 Å². The molecule has 1 fully saturated rings. The van der Waals surface area contributed by atoms with Crippen LogP contribution in [0.1, 0.15) is 18.9 Å². The first-order valence-electron chi connectivity index (χ1n) is 5.91. The predicted molar refractivity (Wildman–Crippen MR) is 72.6 cm³/mol. The number of phenolic OH excluding ortho intramolecular Hbond substituents is 1. The van der Waals surface area contributed by atoms with E-state index < -0.39 is 0 Å². The van der Waals surface area contributed by atoms with Crippen LogP contribution in [0.4, 0.5) is 5.69 Å². The molecule has 3 rings (SSSR count). The number of benzene rings is 1. The normalized spacial score (nSPS) is 31.8. The molecule has 1 N–H and O–H groups in total. The number of phenols is 1. The van der Waals surface area contributed by atoms with Crippen LogP contribution in [0.2, 0.25) is 0 Å². The van der Waals surface area contributed by atoms with Crippen LogP contribution in [-0.4, -0.2) is 36.8 Å². The molecule has 2 unspecified atom stereocenters. The van der Waals surface area contributed by atoms with E-state index in [-0.39, 0.29) is 5.41 Å². The number of nitrogens with zero attached hydrogens (tertiary/aromatic N) is 2. The van der Waals surface area contributed by atoms with Crippen LogP contribution < -0.4 is 4.90 Å². The number of likely N-dealkylation sites (tertiary alicyclic amines) is 1. The zero-order valence-electron chi connectivity index (χ0n) is 10.4. The van der Waals surface area contributed by atoms with Crippen molar-refractivity contribution in [1.29, 1.82) is 0 Å². The van der Waals surface area contributed by atoms with Gasteiger partial charge in [-0.3, -0.25) is 4.90 Å². The highest BCUT2D eigenvalue weighted by atomic mass is 79.9. The molecule has 0 radical (unpaired) electrons. The van der Waals surface area contributed by atoms with Crippen molar-refractivity contribution in [3.63, 3.8) is 0 Å². The summed E-state index contributed by atoms with van der Waals surface area (Å²) in [5.41, 5.74) is 2.61. The van der Waals surface area contributed by atoms with Crippen LogP contribution in [0.5, 0.6) is 5.75 Å². The topological polar surface area (TPSA) is 26.7 Å². The maximum atomic E-state index is 9.80. The maximum absolute atomic E-state index is 9.80. The lowest BCUT2D eigenvalue weighted by atomic mass is 9.81. The second-order valence-corrected chi connectivity index (χ2v) is 6.31. The van der Waals surface area contributed by atoms with Gasteiger partial charge in [0, 0.05) is 23.5 Å². The molecule has 0 amide bonds. The first-order chi connectivity index (χ1) is 7.95. The summed E-state index contributed by atoms with van der Waals surface area (Å²) in [5, 5.41) is 9.80. The Labute approximate surface area is 110 Å². The van der Waals surface area contributed by atoms with Gasteiger partial charge in [0.05, 0.1) is 11.9 Å². The molecule has 1 saturated heterocycles. The van der Waals surface area contributed by atoms with Crippen molar-refractivity contribution in [3.05, 3.63) is 22.2 Å². The molecule has 0 bridgehead atoms. The molecule has 2 aliphatic rings. The summed E-state index contributed by atoms with van der Waals surface area (Å²) in [6, 6.07) is 3.70. The van der Waals surface area contributed by atoms with Crippen LogP contribution in [-0.2, 0) is 5.41 Å². The Morgan fingerprint density at radius 1 is 1.41 bits per heavy atom. The van der Waals surface area contributed by atoms with E-state index in [0.29, 0.717) is 11.9 Å². The number of halogens is 1. The molecule has 92 valence electrons. The second kappa shape index (κ2) is 3.39. The minimum absolute atomic E-state index is 0.125. The number of hydrogen-bond donors (Lipinski definition) is 1. The van der Waals surface area contributed by atoms with Crippen molar-refractivity contribution in [1.82, 2.24) is 4.90 Å². The number of aromatic hydroxyl groups is 1. The fourth-order valence-electron chi connectivity index (χ4n) is 3.64. The molecule has 1 aromatic rings. The third-order valence-corrected chi connectivity index (χ3v) is 4.96. The van der Waals surface area contributed by atoms with Crippen molar-refractivity contribution < 1.29 is 5.11 Å². The molecule has 0 aromatic heterocycles. The summed E-state index contributed by atoms with van der Waals surface area (Å²) in [6.07, 6.45) is 1.54. The molecule has 0 saturated carbocycles. The van der Waals surface area contributed by atoms with Gasteiger partial charge in [0.2, 0.25) is 0 Å². The summed E-state index contributed by atoms with van der Waals surface area (Å²) in [6.45, 7) is 3.41. The van der Waals surface area contributed by atoms with Gasteiger partial charge in [0.15, 0.2) is 0 Å². The highest BCUT2D eigenvalue weighted by Crippen LogP contribution is 2.54. The Hall–Kier alpha value is -0.740. The highest BCUT2D eigenvalue weighted by molar-refractivity contribution is 9.10. The number of likely N-dealkylation sites (N-methyl/N-ethyl adjacent to an activating group) is 2. The Balaban J connectivity index is 2.25. The summed E-state index contributed by atoms with van der Waals surface area (Å²) >= 11 is 3.57. The third kappa shape index (κ3) is 1.31. The summed E-state index contributed by atoms with van der Waals surface area (Å²) in [5.74, 6) is 0.348. The lowest BCUT2D eigenvalue weighted by molar-refractivity contribution is 0.268. The Kier molecular flexibility index (Phi) is 2.26. The SMILES string of the molecule is CN1CCC2(C)c3cc(O)cc(Br)c3N(C)C12. The lowest BCUT2D eigenvalue weighted by Crippen LogP contribution is -2.45. The van der Waals surface area contributed by atoms with Crippen LogP contribution in [0.25, 0.3) is 0 Å². The first kappa shape index (κ1) is 11.4. The van der Waals surface area contributed by atoms with E-state index in [9.17, 15) is 5.11 Å². The zero-order valence-corrected chi connectivity index (χ0v) is 12.0. The van der Waals surface area contributed by atoms with Gasteiger partial charge in [-0.2, -0.15) is 0 Å². The minimum atomic E-state index is 0.125. The Morgan fingerprint density at radius 2 is 2.12 bits per heavy atom. The zero-order chi connectivity index (χ0) is 12.4.